The Hall–Kier alpha value is -1.66. The predicted molar refractivity (Wildman–Crippen MR) is 78.2 cm³/mol. The number of hydrogen-bond acceptors (Lipinski definition) is 5. The van der Waals surface area contributed by atoms with Gasteiger partial charge in [0.25, 0.3) is 5.69 Å². The Morgan fingerprint density at radius 1 is 1.57 bits per heavy atom. The van der Waals surface area contributed by atoms with E-state index in [0.29, 0.717) is 13.2 Å². The highest BCUT2D eigenvalue weighted by Gasteiger charge is 2.31. The number of nitro groups is 1. The van der Waals surface area contributed by atoms with Crippen molar-refractivity contribution < 1.29 is 14.5 Å². The van der Waals surface area contributed by atoms with Gasteiger partial charge in [-0.2, -0.15) is 0 Å². The Morgan fingerprint density at radius 3 is 3.00 bits per heavy atom. The molecule has 7 heteroatoms. The van der Waals surface area contributed by atoms with Crippen LogP contribution >= 0.6 is 11.6 Å². The number of benzene rings is 1. The normalized spacial score (nSPS) is 18.7. The highest BCUT2D eigenvalue weighted by atomic mass is 35.5. The Kier molecular flexibility index (Phi) is 5.14. The van der Waals surface area contributed by atoms with Crippen LogP contribution in [0.4, 0.5) is 5.69 Å². The third-order valence-corrected chi connectivity index (χ3v) is 3.83. The second kappa shape index (κ2) is 6.87. The lowest BCUT2D eigenvalue weighted by atomic mass is 10.1. The predicted octanol–water partition coefficient (Wildman–Crippen LogP) is 2.78. The average molecular weight is 313 g/mol. The van der Waals surface area contributed by atoms with E-state index in [1.54, 1.807) is 13.0 Å². The third-order valence-electron chi connectivity index (χ3n) is 3.52. The summed E-state index contributed by atoms with van der Waals surface area (Å²) in [7, 11) is 0. The van der Waals surface area contributed by atoms with Crippen LogP contribution in [0.5, 0.6) is 0 Å². The van der Waals surface area contributed by atoms with Crippen LogP contribution in [-0.4, -0.2) is 35.0 Å². The Labute approximate surface area is 127 Å². The number of nitrogens with zero attached hydrogens (tertiary/aromatic N) is 2. The SMILES string of the molecule is CCOC(=O)C1CCCN1Cc1ccc(Cl)c([N+](=O)[O-])c1. The van der Waals surface area contributed by atoms with Gasteiger partial charge in [-0.3, -0.25) is 19.8 Å². The summed E-state index contributed by atoms with van der Waals surface area (Å²) in [5, 5.41) is 11.0. The Balaban J connectivity index is 2.12. The van der Waals surface area contributed by atoms with Crippen molar-refractivity contribution in [2.75, 3.05) is 13.2 Å². The minimum atomic E-state index is -0.501. The monoisotopic (exact) mass is 312 g/mol. The molecule has 0 aromatic heterocycles. The van der Waals surface area contributed by atoms with Crippen molar-refractivity contribution in [3.05, 3.63) is 38.9 Å². The standard InChI is InChI=1S/C14H17ClN2O4/c1-2-21-14(18)12-4-3-7-16(12)9-10-5-6-11(15)13(8-10)17(19)20/h5-6,8,12H,2-4,7,9H2,1H3. The summed E-state index contributed by atoms with van der Waals surface area (Å²) in [4.78, 5) is 24.3. The largest absolute Gasteiger partial charge is 0.465 e. The molecule has 1 heterocycles. The molecule has 0 amide bonds. The summed E-state index contributed by atoms with van der Waals surface area (Å²) in [6.07, 6.45) is 1.67. The molecule has 21 heavy (non-hydrogen) atoms. The van der Waals surface area contributed by atoms with Gasteiger partial charge in [0.05, 0.1) is 11.5 Å². The molecule has 1 aromatic carbocycles. The molecule has 0 bridgehead atoms. The van der Waals surface area contributed by atoms with E-state index in [9.17, 15) is 14.9 Å². The molecule has 1 aliphatic heterocycles. The van der Waals surface area contributed by atoms with Gasteiger partial charge >= 0.3 is 5.97 Å². The summed E-state index contributed by atoms with van der Waals surface area (Å²) >= 11 is 5.80. The molecule has 1 atom stereocenters. The van der Waals surface area contributed by atoms with Gasteiger partial charge in [-0.05, 0) is 37.9 Å². The van der Waals surface area contributed by atoms with Crippen molar-refractivity contribution in [1.29, 1.82) is 0 Å². The number of likely N-dealkylation sites (tertiary alicyclic amines) is 1. The van der Waals surface area contributed by atoms with Crippen molar-refractivity contribution in [3.8, 4) is 0 Å². The Bertz CT molecular complexity index is 550. The molecule has 0 saturated carbocycles. The molecule has 1 unspecified atom stereocenters. The van der Waals surface area contributed by atoms with Gasteiger partial charge < -0.3 is 4.74 Å². The highest BCUT2D eigenvalue weighted by molar-refractivity contribution is 6.32. The molecule has 1 saturated heterocycles. The van der Waals surface area contributed by atoms with Crippen LogP contribution in [0.25, 0.3) is 0 Å². The van der Waals surface area contributed by atoms with Gasteiger partial charge in [-0.15, -0.1) is 0 Å². The molecule has 114 valence electrons. The van der Waals surface area contributed by atoms with Crippen molar-refractivity contribution in [2.45, 2.75) is 32.4 Å². The van der Waals surface area contributed by atoms with E-state index in [2.05, 4.69) is 0 Å². The van der Waals surface area contributed by atoms with Crippen molar-refractivity contribution in [1.82, 2.24) is 4.90 Å². The first kappa shape index (κ1) is 15.7. The number of nitro benzene ring substituents is 1. The van der Waals surface area contributed by atoms with Gasteiger partial charge in [0, 0.05) is 12.6 Å². The summed E-state index contributed by atoms with van der Waals surface area (Å²) in [5.74, 6) is -0.224. The lowest BCUT2D eigenvalue weighted by molar-refractivity contribution is -0.384. The quantitative estimate of drug-likeness (QED) is 0.475. The zero-order chi connectivity index (χ0) is 15.4. The molecular formula is C14H17ClN2O4. The molecule has 1 aromatic rings. The molecular weight excluding hydrogens is 296 g/mol. The van der Waals surface area contributed by atoms with Gasteiger partial charge in [0.15, 0.2) is 0 Å². The van der Waals surface area contributed by atoms with E-state index in [1.165, 1.54) is 12.1 Å². The average Bonchev–Trinajstić information content (AvgIpc) is 2.89. The van der Waals surface area contributed by atoms with Gasteiger partial charge in [0.1, 0.15) is 11.1 Å². The molecule has 6 nitrogen and oxygen atoms in total. The molecule has 0 N–H and O–H groups in total. The first-order valence-corrected chi connectivity index (χ1v) is 7.24. The van der Waals surface area contributed by atoms with Crippen LogP contribution in [0, 0.1) is 10.1 Å². The van der Waals surface area contributed by atoms with Crippen LogP contribution in [0.1, 0.15) is 25.3 Å². The fraction of sp³-hybridized carbons (Fsp3) is 0.500. The number of hydrogen-bond donors (Lipinski definition) is 0. The van der Waals surface area contributed by atoms with E-state index in [1.807, 2.05) is 4.90 Å². The third kappa shape index (κ3) is 3.71. The minimum absolute atomic E-state index is 0.110. The maximum absolute atomic E-state index is 11.9. The fourth-order valence-electron chi connectivity index (χ4n) is 2.55. The van der Waals surface area contributed by atoms with Gasteiger partial charge in [-0.25, -0.2) is 0 Å². The molecule has 0 aliphatic carbocycles. The summed E-state index contributed by atoms with van der Waals surface area (Å²) in [6.45, 7) is 3.39. The number of ether oxygens (including phenoxy) is 1. The molecule has 2 rings (SSSR count). The first-order valence-electron chi connectivity index (χ1n) is 6.86. The van der Waals surface area contributed by atoms with E-state index >= 15 is 0 Å². The van der Waals surface area contributed by atoms with Crippen molar-refractivity contribution in [2.24, 2.45) is 0 Å². The summed E-state index contributed by atoms with van der Waals surface area (Å²) in [5.41, 5.74) is 0.656. The fourth-order valence-corrected chi connectivity index (χ4v) is 2.74. The lowest BCUT2D eigenvalue weighted by Crippen LogP contribution is -2.36. The lowest BCUT2D eigenvalue weighted by Gasteiger charge is -2.22. The topological polar surface area (TPSA) is 72.7 Å². The second-order valence-electron chi connectivity index (χ2n) is 4.92. The molecule has 0 spiro atoms. The zero-order valence-corrected chi connectivity index (χ0v) is 12.5. The smallest absolute Gasteiger partial charge is 0.323 e. The first-order chi connectivity index (χ1) is 10.0. The molecule has 0 radical (unpaired) electrons. The number of esters is 1. The summed E-state index contributed by atoms with van der Waals surface area (Å²) in [6, 6.07) is 4.46. The van der Waals surface area contributed by atoms with Crippen LogP contribution in [0.3, 0.4) is 0 Å². The van der Waals surface area contributed by atoms with Crippen LogP contribution in [-0.2, 0) is 16.1 Å². The van der Waals surface area contributed by atoms with Crippen LogP contribution in [0.15, 0.2) is 18.2 Å². The number of carbonyl (C=O) groups excluding carboxylic acids is 1. The maximum atomic E-state index is 11.9. The number of carbonyl (C=O) groups is 1. The second-order valence-corrected chi connectivity index (χ2v) is 5.33. The molecule has 1 aliphatic rings. The van der Waals surface area contributed by atoms with Crippen LogP contribution < -0.4 is 0 Å². The number of halogens is 1. The van der Waals surface area contributed by atoms with Gasteiger partial charge in [-0.1, -0.05) is 17.7 Å². The van der Waals surface area contributed by atoms with E-state index < -0.39 is 4.92 Å². The van der Waals surface area contributed by atoms with E-state index in [0.717, 1.165) is 24.9 Å². The summed E-state index contributed by atoms with van der Waals surface area (Å²) < 4.78 is 5.06. The zero-order valence-electron chi connectivity index (χ0n) is 11.8. The number of rotatable bonds is 5. The molecule has 1 fully saturated rings. The maximum Gasteiger partial charge on any atom is 0.323 e. The van der Waals surface area contributed by atoms with Crippen molar-refractivity contribution >= 4 is 23.3 Å². The minimum Gasteiger partial charge on any atom is -0.465 e. The van der Waals surface area contributed by atoms with Gasteiger partial charge in [0.2, 0.25) is 0 Å². The van der Waals surface area contributed by atoms with Crippen molar-refractivity contribution in [3.63, 3.8) is 0 Å². The van der Waals surface area contributed by atoms with Crippen LogP contribution in [0.2, 0.25) is 5.02 Å². The van der Waals surface area contributed by atoms with E-state index in [4.69, 9.17) is 16.3 Å². The Morgan fingerprint density at radius 2 is 2.33 bits per heavy atom. The van der Waals surface area contributed by atoms with E-state index in [-0.39, 0.29) is 22.7 Å². The highest BCUT2D eigenvalue weighted by Crippen LogP contribution is 2.27.